The lowest BCUT2D eigenvalue weighted by Gasteiger charge is -2.07. The predicted molar refractivity (Wildman–Crippen MR) is 127 cm³/mol. The van der Waals surface area contributed by atoms with Gasteiger partial charge in [0.1, 0.15) is 17.7 Å². The van der Waals surface area contributed by atoms with Gasteiger partial charge in [-0.05, 0) is 37.1 Å². The van der Waals surface area contributed by atoms with Gasteiger partial charge in [-0.25, -0.2) is 14.5 Å². The number of hydrogen-bond acceptors (Lipinski definition) is 6. The maximum absolute atomic E-state index is 5.45. The number of para-hydroxylation sites is 1. The van der Waals surface area contributed by atoms with Crippen molar-refractivity contribution in [2.24, 2.45) is 5.16 Å². The highest BCUT2D eigenvalue weighted by Gasteiger charge is 2.18. The third-order valence-electron chi connectivity index (χ3n) is 5.77. The summed E-state index contributed by atoms with van der Waals surface area (Å²) in [5.74, 6) is 1.27. The first-order valence-corrected chi connectivity index (χ1v) is 10.7. The molecule has 5 rings (SSSR count). The molecule has 0 atom stereocenters. The molecular formula is C25H24N6O2. The maximum Gasteiger partial charge on any atom is 0.192 e. The molecule has 0 aliphatic carbocycles. The highest BCUT2D eigenvalue weighted by molar-refractivity contribution is 5.94. The largest absolute Gasteiger partial charge is 0.496 e. The number of rotatable bonds is 7. The van der Waals surface area contributed by atoms with Gasteiger partial charge < -0.3 is 14.1 Å². The van der Waals surface area contributed by atoms with E-state index in [0.29, 0.717) is 5.82 Å². The summed E-state index contributed by atoms with van der Waals surface area (Å²) < 4.78 is 9.24. The van der Waals surface area contributed by atoms with Gasteiger partial charge in [0.2, 0.25) is 0 Å². The predicted octanol–water partition coefficient (Wildman–Crippen LogP) is 4.30. The summed E-state index contributed by atoms with van der Waals surface area (Å²) >= 11 is 0. The first-order valence-electron chi connectivity index (χ1n) is 10.7. The number of nitrogens with zero attached hydrogens (tertiary/aromatic N) is 6. The van der Waals surface area contributed by atoms with Crippen molar-refractivity contribution in [3.8, 4) is 5.75 Å². The highest BCUT2D eigenvalue weighted by atomic mass is 16.6. The van der Waals surface area contributed by atoms with Crippen LogP contribution in [0.3, 0.4) is 0 Å². The molecule has 0 saturated carbocycles. The Hall–Kier alpha value is -4.20. The number of fused-ring (bicyclic) bond motifs is 3. The maximum atomic E-state index is 5.45. The van der Waals surface area contributed by atoms with E-state index in [-0.39, 0.29) is 6.61 Å². The number of aromatic nitrogens is 5. The minimum Gasteiger partial charge on any atom is -0.496 e. The Labute approximate surface area is 191 Å². The van der Waals surface area contributed by atoms with Crippen molar-refractivity contribution in [1.82, 2.24) is 24.1 Å². The Morgan fingerprint density at radius 1 is 1.00 bits per heavy atom. The molecule has 0 radical (unpaired) electrons. The Morgan fingerprint density at radius 3 is 2.61 bits per heavy atom. The van der Waals surface area contributed by atoms with Gasteiger partial charge >= 0.3 is 0 Å². The molecule has 0 unspecified atom stereocenters. The zero-order valence-electron chi connectivity index (χ0n) is 18.8. The average molecular weight is 441 g/mol. The van der Waals surface area contributed by atoms with Gasteiger partial charge in [-0.3, -0.25) is 0 Å². The van der Waals surface area contributed by atoms with Crippen LogP contribution in [-0.4, -0.2) is 37.5 Å². The van der Waals surface area contributed by atoms with Crippen LogP contribution in [0.2, 0.25) is 0 Å². The zero-order valence-corrected chi connectivity index (χ0v) is 18.8. The van der Waals surface area contributed by atoms with Crippen LogP contribution in [0, 0.1) is 13.8 Å². The highest BCUT2D eigenvalue weighted by Crippen LogP contribution is 2.27. The molecular weight excluding hydrogens is 416 g/mol. The molecule has 0 aliphatic heterocycles. The molecule has 0 N–H and O–H groups in total. The van der Waals surface area contributed by atoms with Gasteiger partial charge in [0.05, 0.1) is 18.7 Å². The molecule has 2 aromatic carbocycles. The van der Waals surface area contributed by atoms with Gasteiger partial charge in [0, 0.05) is 17.8 Å². The van der Waals surface area contributed by atoms with Crippen molar-refractivity contribution < 1.29 is 9.57 Å². The van der Waals surface area contributed by atoms with E-state index in [2.05, 4.69) is 52.9 Å². The van der Waals surface area contributed by atoms with E-state index in [4.69, 9.17) is 19.5 Å². The van der Waals surface area contributed by atoms with Crippen LogP contribution < -0.4 is 4.74 Å². The van der Waals surface area contributed by atoms with E-state index >= 15 is 0 Å². The number of methoxy groups -OCH3 is 1. The second kappa shape index (κ2) is 8.74. The summed E-state index contributed by atoms with van der Waals surface area (Å²) in [5.41, 5.74) is 6.03. The smallest absolute Gasteiger partial charge is 0.192 e. The van der Waals surface area contributed by atoms with Crippen molar-refractivity contribution in [1.29, 1.82) is 0 Å². The molecule has 3 heterocycles. The van der Waals surface area contributed by atoms with Crippen LogP contribution in [0.4, 0.5) is 0 Å². The monoisotopic (exact) mass is 440 g/mol. The van der Waals surface area contributed by atoms with Crippen molar-refractivity contribution in [2.75, 3.05) is 7.11 Å². The molecule has 0 saturated heterocycles. The third-order valence-corrected chi connectivity index (χ3v) is 5.77. The fourth-order valence-corrected chi connectivity index (χ4v) is 3.96. The standard InChI is InChI=1S/C25H24N6O2/c1-17-18(2)30(14-19-9-5-4-6-10-19)24-23(17)25-28-22(29-31(25)16-26-24)15-33-27-13-20-11-7-8-12-21(20)32-3/h4-13,16H,14-15H2,1-3H3/b27-13+. The minimum absolute atomic E-state index is 0.150. The molecule has 166 valence electrons. The third kappa shape index (κ3) is 3.91. The van der Waals surface area contributed by atoms with E-state index in [9.17, 15) is 0 Å². The average Bonchev–Trinajstić information content (AvgIpc) is 3.37. The topological polar surface area (TPSA) is 78.8 Å². The van der Waals surface area contributed by atoms with E-state index in [0.717, 1.165) is 45.8 Å². The van der Waals surface area contributed by atoms with Gasteiger partial charge in [-0.15, -0.1) is 5.10 Å². The molecule has 8 nitrogen and oxygen atoms in total. The van der Waals surface area contributed by atoms with Crippen LogP contribution in [0.25, 0.3) is 16.7 Å². The molecule has 3 aromatic heterocycles. The van der Waals surface area contributed by atoms with Crippen molar-refractivity contribution in [3.63, 3.8) is 0 Å². The minimum atomic E-state index is 0.150. The van der Waals surface area contributed by atoms with E-state index in [1.54, 1.807) is 24.2 Å². The SMILES string of the molecule is COc1ccccc1/C=N/OCc1nc2c3c(C)c(C)n(Cc4ccccc4)c3ncn2n1. The normalized spacial score (nSPS) is 11.6. The van der Waals surface area contributed by atoms with Crippen LogP contribution in [0.15, 0.2) is 66.1 Å². The Morgan fingerprint density at radius 2 is 1.79 bits per heavy atom. The first-order chi connectivity index (χ1) is 16.2. The summed E-state index contributed by atoms with van der Waals surface area (Å²) in [6.45, 7) is 5.12. The summed E-state index contributed by atoms with van der Waals surface area (Å²) in [6, 6.07) is 18.0. The van der Waals surface area contributed by atoms with Gasteiger partial charge in [-0.1, -0.05) is 47.6 Å². The Bertz CT molecular complexity index is 1450. The molecule has 5 aromatic rings. The second-order valence-electron chi connectivity index (χ2n) is 7.77. The van der Waals surface area contributed by atoms with E-state index in [1.165, 1.54) is 5.56 Å². The summed E-state index contributed by atoms with van der Waals surface area (Å²) in [6.07, 6.45) is 3.32. The molecule has 0 fully saturated rings. The molecule has 0 spiro atoms. The summed E-state index contributed by atoms with van der Waals surface area (Å²) in [5, 5.41) is 9.56. The molecule has 0 bridgehead atoms. The van der Waals surface area contributed by atoms with Crippen LogP contribution >= 0.6 is 0 Å². The van der Waals surface area contributed by atoms with Gasteiger partial charge in [0.25, 0.3) is 0 Å². The summed E-state index contributed by atoms with van der Waals surface area (Å²) in [7, 11) is 1.62. The molecule has 0 aliphatic rings. The van der Waals surface area contributed by atoms with Crippen LogP contribution in [0.5, 0.6) is 5.75 Å². The van der Waals surface area contributed by atoms with Crippen molar-refractivity contribution in [3.05, 3.63) is 89.1 Å². The van der Waals surface area contributed by atoms with Crippen molar-refractivity contribution >= 4 is 22.9 Å². The lowest BCUT2D eigenvalue weighted by Crippen LogP contribution is -2.03. The Kier molecular flexibility index (Phi) is 5.48. The number of benzene rings is 2. The number of hydrogen-bond donors (Lipinski definition) is 0. The number of ether oxygens (including phenoxy) is 1. The number of oxime groups is 1. The molecule has 0 amide bonds. The second-order valence-corrected chi connectivity index (χ2v) is 7.77. The van der Waals surface area contributed by atoms with Gasteiger partial charge in [-0.2, -0.15) is 0 Å². The van der Waals surface area contributed by atoms with E-state index < -0.39 is 0 Å². The lowest BCUT2D eigenvalue weighted by molar-refractivity contribution is 0.126. The van der Waals surface area contributed by atoms with Crippen LogP contribution in [-0.2, 0) is 18.0 Å². The lowest BCUT2D eigenvalue weighted by atomic mass is 10.2. The summed E-state index contributed by atoms with van der Waals surface area (Å²) in [4.78, 5) is 14.9. The molecule has 8 heteroatoms. The first kappa shape index (κ1) is 20.7. The van der Waals surface area contributed by atoms with Crippen molar-refractivity contribution in [2.45, 2.75) is 27.0 Å². The Balaban J connectivity index is 1.41. The van der Waals surface area contributed by atoms with Gasteiger partial charge in [0.15, 0.2) is 18.1 Å². The fraction of sp³-hybridized carbons (Fsp3) is 0.200. The van der Waals surface area contributed by atoms with Crippen LogP contribution in [0.1, 0.15) is 28.2 Å². The van der Waals surface area contributed by atoms with E-state index in [1.807, 2.05) is 30.3 Å². The number of aryl methyl sites for hydroxylation is 1. The molecule has 33 heavy (non-hydrogen) atoms. The fourth-order valence-electron chi connectivity index (χ4n) is 3.96. The quantitative estimate of drug-likeness (QED) is 0.278. The zero-order chi connectivity index (χ0) is 22.8.